The molecule has 0 aliphatic rings. The maximum Gasteiger partial charge on any atom is 0.405 e. The molecule has 0 radical (unpaired) electrons. The molecule has 0 saturated heterocycles. The smallest absolute Gasteiger partial charge is 0.365 e. The Hall–Kier alpha value is -1.30. The lowest BCUT2D eigenvalue weighted by Crippen LogP contribution is -2.36. The normalized spacial score (nSPS) is 12.6. The van der Waals surface area contributed by atoms with Gasteiger partial charge < -0.3 is 10.2 Å². The molecule has 0 aliphatic carbocycles. The lowest BCUT2D eigenvalue weighted by atomic mass is 10.1. The van der Waals surface area contributed by atoms with Crippen molar-refractivity contribution < 1.29 is 17.6 Å². The fourth-order valence-electron chi connectivity index (χ4n) is 1.78. The van der Waals surface area contributed by atoms with Crippen molar-refractivity contribution in [2.75, 3.05) is 18.5 Å². The second-order valence-electron chi connectivity index (χ2n) is 5.85. The minimum atomic E-state index is -4.29. The zero-order valence-corrected chi connectivity index (χ0v) is 12.1. The van der Waals surface area contributed by atoms with Crippen molar-refractivity contribution in [3.8, 4) is 0 Å². The molecule has 1 rings (SSSR count). The molecular weight excluding hydrogens is 272 g/mol. The van der Waals surface area contributed by atoms with Gasteiger partial charge in [0.25, 0.3) is 0 Å². The molecule has 0 fully saturated rings. The number of anilines is 1. The standard InChI is InChI=1S/C14H20F4N2/c1-13(2,3)19-8-10-7-11(15)5-6-12(10)20(4)9-14(16,17)18/h5-7,19H,8-9H2,1-4H3. The third kappa shape index (κ3) is 5.77. The van der Waals surface area contributed by atoms with E-state index in [2.05, 4.69) is 5.32 Å². The third-order valence-electron chi connectivity index (χ3n) is 2.68. The first-order valence-corrected chi connectivity index (χ1v) is 6.29. The van der Waals surface area contributed by atoms with Gasteiger partial charge in [-0.05, 0) is 44.5 Å². The van der Waals surface area contributed by atoms with E-state index in [4.69, 9.17) is 0 Å². The number of rotatable bonds is 4. The summed E-state index contributed by atoms with van der Waals surface area (Å²) in [5, 5.41) is 3.15. The van der Waals surface area contributed by atoms with Crippen LogP contribution in [0.3, 0.4) is 0 Å². The van der Waals surface area contributed by atoms with Crippen LogP contribution < -0.4 is 10.2 Å². The Morgan fingerprint density at radius 1 is 1.15 bits per heavy atom. The average Bonchev–Trinajstić information content (AvgIpc) is 2.22. The van der Waals surface area contributed by atoms with Crippen LogP contribution in [0.5, 0.6) is 0 Å². The maximum absolute atomic E-state index is 13.3. The summed E-state index contributed by atoms with van der Waals surface area (Å²) in [6.45, 7) is 5.04. The molecule has 0 spiro atoms. The van der Waals surface area contributed by atoms with Crippen molar-refractivity contribution in [3.05, 3.63) is 29.6 Å². The zero-order valence-electron chi connectivity index (χ0n) is 12.1. The highest BCUT2D eigenvalue weighted by molar-refractivity contribution is 5.53. The predicted octanol–water partition coefficient (Wildman–Crippen LogP) is 3.71. The van der Waals surface area contributed by atoms with Crippen LogP contribution in [0.25, 0.3) is 0 Å². The maximum atomic E-state index is 13.3. The molecule has 0 amide bonds. The topological polar surface area (TPSA) is 15.3 Å². The highest BCUT2D eigenvalue weighted by Gasteiger charge is 2.30. The molecule has 114 valence electrons. The number of halogens is 4. The zero-order chi connectivity index (χ0) is 15.6. The first-order valence-electron chi connectivity index (χ1n) is 6.29. The summed E-state index contributed by atoms with van der Waals surface area (Å²) in [6, 6.07) is 3.81. The van der Waals surface area contributed by atoms with Crippen molar-refractivity contribution in [1.29, 1.82) is 0 Å². The SMILES string of the molecule is CN(CC(F)(F)F)c1ccc(F)cc1CNC(C)(C)C. The van der Waals surface area contributed by atoms with Crippen molar-refractivity contribution in [3.63, 3.8) is 0 Å². The number of hydrogen-bond donors (Lipinski definition) is 1. The first kappa shape index (κ1) is 16.8. The molecule has 0 bridgehead atoms. The van der Waals surface area contributed by atoms with Gasteiger partial charge >= 0.3 is 6.18 Å². The Morgan fingerprint density at radius 2 is 1.75 bits per heavy atom. The number of hydrogen-bond acceptors (Lipinski definition) is 2. The molecular formula is C14H20F4N2. The summed E-state index contributed by atoms with van der Waals surface area (Å²) in [5.74, 6) is -0.458. The minimum absolute atomic E-state index is 0.202. The van der Waals surface area contributed by atoms with Crippen molar-refractivity contribution in [2.45, 2.75) is 39.0 Å². The van der Waals surface area contributed by atoms with Crippen LogP contribution in [-0.2, 0) is 6.54 Å². The van der Waals surface area contributed by atoms with Gasteiger partial charge in [-0.25, -0.2) is 4.39 Å². The van der Waals surface area contributed by atoms with Crippen molar-refractivity contribution >= 4 is 5.69 Å². The highest BCUT2D eigenvalue weighted by atomic mass is 19.4. The Morgan fingerprint density at radius 3 is 2.25 bits per heavy atom. The van der Waals surface area contributed by atoms with Gasteiger partial charge in [0.2, 0.25) is 0 Å². The molecule has 20 heavy (non-hydrogen) atoms. The van der Waals surface area contributed by atoms with E-state index >= 15 is 0 Å². The first-order chi connectivity index (χ1) is 8.98. The highest BCUT2D eigenvalue weighted by Crippen LogP contribution is 2.25. The summed E-state index contributed by atoms with van der Waals surface area (Å²) in [7, 11) is 1.35. The molecule has 2 nitrogen and oxygen atoms in total. The van der Waals surface area contributed by atoms with E-state index in [1.165, 1.54) is 25.2 Å². The van der Waals surface area contributed by atoms with Gasteiger partial charge in [-0.1, -0.05) is 0 Å². The van der Waals surface area contributed by atoms with E-state index in [-0.39, 0.29) is 5.54 Å². The summed E-state index contributed by atoms with van der Waals surface area (Å²) in [4.78, 5) is 1.08. The van der Waals surface area contributed by atoms with Gasteiger partial charge in [0, 0.05) is 24.8 Å². The van der Waals surface area contributed by atoms with Crippen molar-refractivity contribution in [2.24, 2.45) is 0 Å². The second kappa shape index (κ2) is 5.99. The Bertz CT molecular complexity index is 449. The van der Waals surface area contributed by atoms with Gasteiger partial charge in [-0.2, -0.15) is 13.2 Å². The Labute approximate surface area is 116 Å². The van der Waals surface area contributed by atoms with Crippen LogP contribution >= 0.6 is 0 Å². The third-order valence-corrected chi connectivity index (χ3v) is 2.68. The quantitative estimate of drug-likeness (QED) is 0.851. The summed E-state index contributed by atoms with van der Waals surface area (Å²) in [5.41, 5.74) is 0.679. The van der Waals surface area contributed by atoms with Crippen LogP contribution in [0, 0.1) is 5.82 Å². The number of nitrogens with zero attached hydrogens (tertiary/aromatic N) is 1. The van der Waals surface area contributed by atoms with Crippen LogP contribution in [0.15, 0.2) is 18.2 Å². The van der Waals surface area contributed by atoms with E-state index in [9.17, 15) is 17.6 Å². The van der Waals surface area contributed by atoms with Crippen LogP contribution in [0.4, 0.5) is 23.2 Å². The summed E-state index contributed by atoms with van der Waals surface area (Å²) in [6.07, 6.45) is -4.29. The molecule has 0 aliphatic heterocycles. The van der Waals surface area contributed by atoms with Gasteiger partial charge in [0.1, 0.15) is 12.4 Å². The van der Waals surface area contributed by atoms with E-state index in [1.54, 1.807) is 0 Å². The van der Waals surface area contributed by atoms with Crippen molar-refractivity contribution in [1.82, 2.24) is 5.32 Å². The van der Waals surface area contributed by atoms with Gasteiger partial charge in [0.05, 0.1) is 0 Å². The summed E-state index contributed by atoms with van der Waals surface area (Å²) >= 11 is 0. The van der Waals surface area contributed by atoms with Gasteiger partial charge in [-0.3, -0.25) is 0 Å². The largest absolute Gasteiger partial charge is 0.405 e. The molecule has 1 aromatic carbocycles. The number of benzene rings is 1. The van der Waals surface area contributed by atoms with Crippen LogP contribution in [-0.4, -0.2) is 25.3 Å². The fourth-order valence-corrected chi connectivity index (χ4v) is 1.78. The lowest BCUT2D eigenvalue weighted by Gasteiger charge is -2.26. The van der Waals surface area contributed by atoms with Gasteiger partial charge in [0.15, 0.2) is 0 Å². The molecule has 0 heterocycles. The molecule has 1 N–H and O–H groups in total. The van der Waals surface area contributed by atoms with E-state index in [0.717, 1.165) is 4.90 Å². The second-order valence-corrected chi connectivity index (χ2v) is 5.85. The van der Waals surface area contributed by atoms with Gasteiger partial charge in [-0.15, -0.1) is 0 Å². The molecule has 1 aromatic rings. The molecule has 0 aromatic heterocycles. The monoisotopic (exact) mass is 292 g/mol. The Kier molecular flexibility index (Phi) is 5.02. The lowest BCUT2D eigenvalue weighted by molar-refractivity contribution is -0.119. The summed E-state index contributed by atoms with van der Waals surface area (Å²) < 4.78 is 50.6. The van der Waals surface area contributed by atoms with E-state index in [0.29, 0.717) is 17.8 Å². The van der Waals surface area contributed by atoms with E-state index < -0.39 is 18.5 Å². The minimum Gasteiger partial charge on any atom is -0.365 e. The predicted molar refractivity (Wildman–Crippen MR) is 72.3 cm³/mol. The average molecular weight is 292 g/mol. The van der Waals surface area contributed by atoms with E-state index in [1.807, 2.05) is 20.8 Å². The molecule has 0 unspecified atom stereocenters. The number of nitrogens with one attached hydrogen (secondary N) is 1. The molecule has 0 saturated carbocycles. The fraction of sp³-hybridized carbons (Fsp3) is 0.571. The Balaban J connectivity index is 2.95. The van der Waals surface area contributed by atoms with Crippen LogP contribution in [0.1, 0.15) is 26.3 Å². The van der Waals surface area contributed by atoms with Crippen LogP contribution in [0.2, 0.25) is 0 Å². The number of alkyl halides is 3. The molecule has 0 atom stereocenters. The molecule has 6 heteroatoms.